The van der Waals surface area contributed by atoms with Crippen LogP contribution in [0.2, 0.25) is 0 Å². The van der Waals surface area contributed by atoms with Gasteiger partial charge in [0.25, 0.3) is 0 Å². The van der Waals surface area contributed by atoms with Crippen LogP contribution in [0.3, 0.4) is 0 Å². The molecule has 1 aromatic carbocycles. The van der Waals surface area contributed by atoms with E-state index in [1.54, 1.807) is 0 Å². The van der Waals surface area contributed by atoms with Gasteiger partial charge in [0.1, 0.15) is 4.32 Å². The second-order valence-electron chi connectivity index (χ2n) is 2.40. The van der Waals surface area contributed by atoms with Crippen molar-refractivity contribution in [1.82, 2.24) is 0 Å². The summed E-state index contributed by atoms with van der Waals surface area (Å²) in [5.74, 6) is 0.972. The summed E-state index contributed by atoms with van der Waals surface area (Å²) in [6.07, 6.45) is 1.03. The van der Waals surface area contributed by atoms with Gasteiger partial charge >= 0.3 is 0 Å². The summed E-state index contributed by atoms with van der Waals surface area (Å²) in [5.41, 5.74) is 6.69. The van der Waals surface area contributed by atoms with Gasteiger partial charge in [0.2, 0.25) is 0 Å². The Labute approximate surface area is 109 Å². The summed E-state index contributed by atoms with van der Waals surface area (Å²) < 4.78 is 0.533. The maximum Gasteiger partial charge on any atom is 0.131 e. The third-order valence-corrected chi connectivity index (χ3v) is 2.52. The first-order valence-corrected chi connectivity index (χ1v) is 5.14. The molecule has 0 fully saturated rings. The van der Waals surface area contributed by atoms with E-state index in [1.807, 2.05) is 18.2 Å². The van der Waals surface area contributed by atoms with E-state index in [1.165, 1.54) is 17.3 Å². The molecule has 1 nitrogen and oxygen atoms in total. The molecule has 1 rings (SSSR count). The zero-order chi connectivity index (χ0) is 8.81. The van der Waals surface area contributed by atoms with E-state index in [9.17, 15) is 0 Å². The zero-order valence-electron chi connectivity index (χ0n) is 7.19. The van der Waals surface area contributed by atoms with Gasteiger partial charge in [-0.15, -0.1) is 0 Å². The van der Waals surface area contributed by atoms with Crippen molar-refractivity contribution >= 4 is 55.6 Å². The predicted octanol–water partition coefficient (Wildman–Crippen LogP) is 1.83. The van der Waals surface area contributed by atoms with Crippen LogP contribution in [0.25, 0.3) is 0 Å². The molecule has 0 aromatic heterocycles. The molecule has 0 amide bonds. The monoisotopic (exact) mass is 405 g/mol. The van der Waals surface area contributed by atoms with Crippen molar-refractivity contribution in [2.75, 3.05) is 5.75 Å². The SMILES string of the molecule is NC(=S)SCCc1ccccc1.[Pb]. The zero-order valence-corrected chi connectivity index (χ0v) is 12.7. The van der Waals surface area contributed by atoms with E-state index >= 15 is 0 Å². The van der Waals surface area contributed by atoms with Crippen molar-refractivity contribution in [3.05, 3.63) is 35.9 Å². The molecule has 4 heteroatoms. The van der Waals surface area contributed by atoms with Gasteiger partial charge in [-0.2, -0.15) is 0 Å². The molecule has 0 atom stereocenters. The summed E-state index contributed by atoms with van der Waals surface area (Å²) >= 11 is 6.29. The minimum absolute atomic E-state index is 0. The average Bonchev–Trinajstić information content (AvgIpc) is 2.05. The molecule has 1 aromatic rings. The third-order valence-electron chi connectivity index (χ3n) is 1.48. The summed E-state index contributed by atoms with van der Waals surface area (Å²) in [4.78, 5) is 0. The van der Waals surface area contributed by atoms with Crippen LogP contribution in [0, 0.1) is 0 Å². The van der Waals surface area contributed by atoms with Crippen LogP contribution in [0.15, 0.2) is 30.3 Å². The number of hydrogen-bond acceptors (Lipinski definition) is 2. The molecule has 68 valence electrons. The second kappa shape index (κ2) is 7.76. The number of benzene rings is 1. The minimum Gasteiger partial charge on any atom is -0.385 e. The molecule has 0 aliphatic carbocycles. The average molecular weight is 405 g/mol. The first-order valence-electron chi connectivity index (χ1n) is 3.75. The fraction of sp³-hybridized carbons (Fsp3) is 0.222. The van der Waals surface area contributed by atoms with Crippen molar-refractivity contribution in [3.8, 4) is 0 Å². The molecule has 0 heterocycles. The molecule has 0 saturated carbocycles. The maximum absolute atomic E-state index is 5.35. The Morgan fingerprint density at radius 3 is 2.46 bits per heavy atom. The van der Waals surface area contributed by atoms with Crippen LogP contribution >= 0.6 is 24.0 Å². The van der Waals surface area contributed by atoms with Crippen LogP contribution < -0.4 is 5.73 Å². The van der Waals surface area contributed by atoms with Crippen molar-refractivity contribution in [2.45, 2.75) is 6.42 Å². The van der Waals surface area contributed by atoms with Gasteiger partial charge < -0.3 is 5.73 Å². The number of rotatable bonds is 3. The minimum atomic E-state index is 0. The summed E-state index contributed by atoms with van der Waals surface area (Å²) in [6.45, 7) is 0. The number of hydrogen-bond donors (Lipinski definition) is 1. The van der Waals surface area contributed by atoms with E-state index in [-0.39, 0.29) is 27.3 Å². The Morgan fingerprint density at radius 2 is 1.92 bits per heavy atom. The van der Waals surface area contributed by atoms with E-state index < -0.39 is 0 Å². The first-order chi connectivity index (χ1) is 5.79. The molecule has 0 saturated heterocycles. The Balaban J connectivity index is 0.00000144. The van der Waals surface area contributed by atoms with E-state index in [4.69, 9.17) is 18.0 Å². The van der Waals surface area contributed by atoms with E-state index in [0.29, 0.717) is 4.32 Å². The number of thiocarbonyl (C=S) groups is 1. The van der Waals surface area contributed by atoms with Gasteiger partial charge in [-0.1, -0.05) is 54.3 Å². The first kappa shape index (κ1) is 13.4. The van der Waals surface area contributed by atoms with Crippen LogP contribution in [0.5, 0.6) is 0 Å². The van der Waals surface area contributed by atoms with Crippen molar-refractivity contribution in [2.24, 2.45) is 5.73 Å². The van der Waals surface area contributed by atoms with Crippen LogP contribution in [-0.4, -0.2) is 37.4 Å². The molecular formula is C9H11NPbS2. The number of nitrogens with two attached hydrogens (primary N) is 1. The van der Waals surface area contributed by atoms with Gasteiger partial charge in [0.15, 0.2) is 0 Å². The Hall–Kier alpha value is 0.382. The van der Waals surface area contributed by atoms with Crippen LogP contribution in [0.4, 0.5) is 0 Å². The van der Waals surface area contributed by atoms with E-state index in [2.05, 4.69) is 12.1 Å². The molecule has 0 bridgehead atoms. The van der Waals surface area contributed by atoms with Gasteiger partial charge in [0, 0.05) is 33.1 Å². The van der Waals surface area contributed by atoms with E-state index in [0.717, 1.165) is 12.2 Å². The quantitative estimate of drug-likeness (QED) is 0.615. The summed E-state index contributed by atoms with van der Waals surface area (Å²) in [6, 6.07) is 10.3. The number of aryl methyl sites for hydroxylation is 1. The molecular weight excluding hydrogens is 393 g/mol. The standard InChI is InChI=1S/C9H11NS2.Pb/c10-9(11)12-7-6-8-4-2-1-3-5-8;/h1-5H,6-7H2,(H2,10,11);. The molecule has 0 unspecified atom stereocenters. The molecule has 13 heavy (non-hydrogen) atoms. The van der Waals surface area contributed by atoms with Crippen molar-refractivity contribution in [1.29, 1.82) is 0 Å². The predicted molar refractivity (Wildman–Crippen MR) is 65.1 cm³/mol. The van der Waals surface area contributed by atoms with Crippen LogP contribution in [0.1, 0.15) is 5.56 Å². The van der Waals surface area contributed by atoms with Crippen molar-refractivity contribution < 1.29 is 0 Å². The topological polar surface area (TPSA) is 26.0 Å². The largest absolute Gasteiger partial charge is 0.385 e. The molecule has 0 aliphatic rings. The van der Waals surface area contributed by atoms with Gasteiger partial charge in [0.05, 0.1) is 0 Å². The molecule has 0 spiro atoms. The van der Waals surface area contributed by atoms with Crippen molar-refractivity contribution in [3.63, 3.8) is 0 Å². The Kier molecular flexibility index (Phi) is 7.98. The van der Waals surface area contributed by atoms with Gasteiger partial charge in [-0.3, -0.25) is 0 Å². The summed E-state index contributed by atoms with van der Waals surface area (Å²) in [7, 11) is 0. The van der Waals surface area contributed by atoms with Crippen LogP contribution in [-0.2, 0) is 6.42 Å². The Morgan fingerprint density at radius 1 is 1.31 bits per heavy atom. The number of thioether (sulfide) groups is 1. The fourth-order valence-corrected chi connectivity index (χ4v) is 1.70. The summed E-state index contributed by atoms with van der Waals surface area (Å²) in [5, 5.41) is 0. The second-order valence-corrected chi connectivity index (χ2v) is 4.24. The van der Waals surface area contributed by atoms with Gasteiger partial charge in [-0.25, -0.2) is 0 Å². The smallest absolute Gasteiger partial charge is 0.131 e. The molecule has 2 N–H and O–H groups in total. The third kappa shape index (κ3) is 6.45. The molecule has 4 radical (unpaired) electrons. The Bertz CT molecular complexity index is 251. The van der Waals surface area contributed by atoms with Gasteiger partial charge in [-0.05, 0) is 12.0 Å². The normalized spacial score (nSPS) is 8.92. The fourth-order valence-electron chi connectivity index (χ4n) is 0.914. The molecule has 0 aliphatic heterocycles. The maximum atomic E-state index is 5.35.